The molecule has 2 bridgehead atoms. The summed E-state index contributed by atoms with van der Waals surface area (Å²) < 4.78 is 44.8. The average Bonchev–Trinajstić information content (AvgIpc) is 3.19. The van der Waals surface area contributed by atoms with Crippen LogP contribution in [0.1, 0.15) is 95.1 Å². The van der Waals surface area contributed by atoms with Gasteiger partial charge in [-0.05, 0) is 85.8 Å². The van der Waals surface area contributed by atoms with Crippen molar-refractivity contribution in [3.8, 4) is 5.75 Å². The number of phosphoric ester groups is 1. The highest BCUT2D eigenvalue weighted by molar-refractivity contribution is 7.48. The largest absolute Gasteiger partial charge is 0.497 e. The highest BCUT2D eigenvalue weighted by atomic mass is 31.2. The molecule has 0 spiro atoms. The number of fused-ring (bicyclic) bond motifs is 2. The van der Waals surface area contributed by atoms with Crippen molar-refractivity contribution in [1.29, 1.82) is 0 Å². The molecule has 3 aromatic carbocycles. The van der Waals surface area contributed by atoms with E-state index in [1.54, 1.807) is 44.4 Å². The zero-order valence-corrected chi connectivity index (χ0v) is 34.2. The van der Waals surface area contributed by atoms with Gasteiger partial charge in [-0.3, -0.25) is 23.7 Å². The van der Waals surface area contributed by atoms with E-state index in [-0.39, 0.29) is 36.8 Å². The molecule has 2 fully saturated rings. The molecule has 0 aliphatic heterocycles. The summed E-state index contributed by atoms with van der Waals surface area (Å²) in [5.74, 6) is 0.615. The van der Waals surface area contributed by atoms with E-state index in [9.17, 15) is 18.9 Å². The smallest absolute Gasteiger partial charge is 0.475 e. The summed E-state index contributed by atoms with van der Waals surface area (Å²) in [5.41, 5.74) is 0.737. The fourth-order valence-electron chi connectivity index (χ4n) is 7.51. The molecule has 11 heteroatoms. The Labute approximate surface area is 326 Å². The highest BCUT2D eigenvalue weighted by Crippen LogP contribution is 2.61. The number of rotatable bonds is 13. The van der Waals surface area contributed by atoms with Crippen molar-refractivity contribution in [2.75, 3.05) is 7.11 Å². The van der Waals surface area contributed by atoms with Gasteiger partial charge >= 0.3 is 13.9 Å². The first kappa shape index (κ1) is 43.6. The number of methoxy groups -OCH3 is 1. The molecule has 0 heterocycles. The second-order valence-electron chi connectivity index (χ2n) is 15.3. The van der Waals surface area contributed by atoms with Gasteiger partial charge in [0.05, 0.1) is 26.4 Å². The second kappa shape index (κ2) is 19.7. The van der Waals surface area contributed by atoms with E-state index in [2.05, 4.69) is 32.7 Å². The zero-order valence-electron chi connectivity index (χ0n) is 33.3. The van der Waals surface area contributed by atoms with Crippen molar-refractivity contribution in [3.05, 3.63) is 114 Å². The third-order valence-electron chi connectivity index (χ3n) is 11.5. The van der Waals surface area contributed by atoms with E-state index >= 15 is 0 Å². The number of hydrogen-bond acceptors (Lipinski definition) is 9. The summed E-state index contributed by atoms with van der Waals surface area (Å²) in [6.45, 7) is 16.2. The first-order chi connectivity index (χ1) is 26.1. The van der Waals surface area contributed by atoms with Crippen LogP contribution in [0.2, 0.25) is 0 Å². The van der Waals surface area contributed by atoms with Crippen molar-refractivity contribution in [2.24, 2.45) is 28.6 Å². The molecular weight excluding hydrogens is 717 g/mol. The lowest BCUT2D eigenvalue weighted by Gasteiger charge is -2.55. The molecule has 2 aliphatic rings. The van der Waals surface area contributed by atoms with Gasteiger partial charge in [0.2, 0.25) is 0 Å². The summed E-state index contributed by atoms with van der Waals surface area (Å²) >= 11 is 0. The number of alkyl carbamates (subject to hydrolysis) is 1. The van der Waals surface area contributed by atoms with E-state index in [1.165, 1.54) is 0 Å². The second-order valence-corrected chi connectivity index (χ2v) is 17.0. The SMILES string of the molecule is C=C[C@]1(C)C[C@@H](OC(=O)NC(=O)c2ccc(OC)cc2)[C@@]2(C)CC(CCC2C)[C@@H](C)C1OP(=O)(OCc1ccccc1)OCc1ccccc1.CCC(C)=O. The molecule has 0 saturated heterocycles. The molecule has 10 nitrogen and oxygen atoms in total. The van der Waals surface area contributed by atoms with Crippen LogP contribution in [0.5, 0.6) is 5.75 Å². The Balaban J connectivity index is 0.00000126. The van der Waals surface area contributed by atoms with Gasteiger partial charge < -0.3 is 14.3 Å². The third kappa shape index (κ3) is 11.7. The molecule has 55 heavy (non-hydrogen) atoms. The number of ketones is 1. The summed E-state index contributed by atoms with van der Waals surface area (Å²) in [6.07, 6.45) is 3.30. The van der Waals surface area contributed by atoms with E-state index < -0.39 is 42.9 Å². The maximum absolute atomic E-state index is 14.7. The van der Waals surface area contributed by atoms with Crippen LogP contribution in [0.3, 0.4) is 0 Å². The standard InChI is InChI=1S/C40H50NO8P.C4H8O/c1-7-39(4)25-35(48-38(43)41-37(42)32-20-22-34(45-6)23-21-32)40(5)24-33(19-18-28(40)2)29(3)36(39)49-50(44,46-26-30-14-10-8-11-15-30)47-27-31-16-12-9-13-17-31;1-3-4(2)5/h7-17,20-23,28-29,33,35-36H,1,18-19,24-27H2,2-6H3,(H,41,42,43);3H2,1-2H3/t28?,29-,33?,35-,36?,39-,40+;/m1./s1. The Bertz CT molecular complexity index is 1720. The Kier molecular flexibility index (Phi) is 15.6. The van der Waals surface area contributed by atoms with Gasteiger partial charge in [0.1, 0.15) is 17.6 Å². The van der Waals surface area contributed by atoms with Crippen molar-refractivity contribution in [1.82, 2.24) is 5.32 Å². The Morgan fingerprint density at radius 1 is 0.873 bits per heavy atom. The first-order valence-corrected chi connectivity index (χ1v) is 20.6. The van der Waals surface area contributed by atoms with Gasteiger partial charge in [-0.25, -0.2) is 9.36 Å². The minimum Gasteiger partial charge on any atom is -0.497 e. The molecular formula is C44H58NO9P. The van der Waals surface area contributed by atoms with Crippen LogP contribution in [0.15, 0.2) is 97.6 Å². The lowest BCUT2D eigenvalue weighted by molar-refractivity contribution is -0.125. The monoisotopic (exact) mass is 775 g/mol. The Morgan fingerprint density at radius 2 is 1.42 bits per heavy atom. The summed E-state index contributed by atoms with van der Waals surface area (Å²) in [7, 11) is -2.63. The van der Waals surface area contributed by atoms with Crippen LogP contribution in [0, 0.1) is 28.6 Å². The Morgan fingerprint density at radius 3 is 1.91 bits per heavy atom. The molecule has 3 aromatic rings. The predicted octanol–water partition coefficient (Wildman–Crippen LogP) is 10.5. The molecule has 3 unspecified atom stereocenters. The number of hydrogen-bond donors (Lipinski definition) is 1. The van der Waals surface area contributed by atoms with E-state index in [0.29, 0.717) is 24.2 Å². The van der Waals surface area contributed by atoms with Crippen LogP contribution in [0.25, 0.3) is 0 Å². The summed E-state index contributed by atoms with van der Waals surface area (Å²) in [6, 6.07) is 25.4. The first-order valence-electron chi connectivity index (χ1n) is 19.1. The molecule has 7 atom stereocenters. The van der Waals surface area contributed by atoms with Crippen LogP contribution in [-0.4, -0.2) is 37.1 Å². The summed E-state index contributed by atoms with van der Waals surface area (Å²) in [5, 5.41) is 2.41. The highest BCUT2D eigenvalue weighted by Gasteiger charge is 2.56. The van der Waals surface area contributed by atoms with Crippen LogP contribution in [-0.2, 0) is 40.9 Å². The van der Waals surface area contributed by atoms with E-state index in [4.69, 9.17) is 23.0 Å². The number of imide groups is 1. The van der Waals surface area contributed by atoms with Crippen molar-refractivity contribution < 1.29 is 42.0 Å². The molecule has 5 rings (SSSR count). The lowest BCUT2D eigenvalue weighted by atomic mass is 9.53. The van der Waals surface area contributed by atoms with Gasteiger partial charge in [0, 0.05) is 22.8 Å². The van der Waals surface area contributed by atoms with Crippen LogP contribution < -0.4 is 10.1 Å². The number of nitrogens with one attached hydrogen (secondary N) is 1. The maximum Gasteiger partial charge on any atom is 0.475 e. The van der Waals surface area contributed by atoms with E-state index in [0.717, 1.165) is 30.4 Å². The molecule has 298 valence electrons. The normalized spacial score (nSPS) is 26.2. The fourth-order valence-corrected chi connectivity index (χ4v) is 9.03. The number of benzene rings is 3. The zero-order chi connectivity index (χ0) is 40.2. The molecule has 0 aromatic heterocycles. The molecule has 1 N–H and O–H groups in total. The minimum absolute atomic E-state index is 0.0337. The van der Waals surface area contributed by atoms with Gasteiger partial charge in [-0.1, -0.05) is 101 Å². The quantitative estimate of drug-likeness (QED) is 0.133. The van der Waals surface area contributed by atoms with Crippen molar-refractivity contribution in [3.63, 3.8) is 0 Å². The number of carbonyl (C=O) groups excluding carboxylic acids is 3. The minimum atomic E-state index is -4.17. The van der Waals surface area contributed by atoms with Gasteiger partial charge in [0.25, 0.3) is 5.91 Å². The van der Waals surface area contributed by atoms with Gasteiger partial charge in [0.15, 0.2) is 0 Å². The Hall–Kier alpha value is -4.08. The molecule has 2 aliphatic carbocycles. The van der Waals surface area contributed by atoms with E-state index in [1.807, 2.05) is 74.5 Å². The topological polar surface area (TPSA) is 126 Å². The van der Waals surface area contributed by atoms with Gasteiger partial charge in [-0.2, -0.15) is 0 Å². The number of amides is 2. The predicted molar refractivity (Wildman–Crippen MR) is 213 cm³/mol. The average molecular weight is 776 g/mol. The molecule has 2 saturated carbocycles. The maximum atomic E-state index is 14.7. The third-order valence-corrected chi connectivity index (χ3v) is 12.9. The molecule has 0 radical (unpaired) electrons. The van der Waals surface area contributed by atoms with Crippen LogP contribution in [0.4, 0.5) is 4.79 Å². The van der Waals surface area contributed by atoms with Crippen molar-refractivity contribution >= 4 is 25.6 Å². The lowest BCUT2D eigenvalue weighted by Crippen LogP contribution is -2.55. The number of phosphoric acid groups is 1. The van der Waals surface area contributed by atoms with Crippen LogP contribution >= 0.6 is 7.82 Å². The summed E-state index contributed by atoms with van der Waals surface area (Å²) in [4.78, 5) is 36.2. The number of Topliss-reactive ketones (excluding diaryl/α,β-unsaturated/α-hetero) is 1. The van der Waals surface area contributed by atoms with Gasteiger partial charge in [-0.15, -0.1) is 6.58 Å². The fraction of sp³-hybridized carbons (Fsp3) is 0.477. The van der Waals surface area contributed by atoms with Crippen molar-refractivity contribution in [2.45, 2.75) is 99.1 Å². The number of carbonyl (C=O) groups is 3. The molecule has 2 amide bonds. The number of ether oxygens (including phenoxy) is 2.